The number of rotatable bonds is 7. The number of fused-ring (bicyclic) bond motifs is 3. The minimum Gasteiger partial charge on any atom is -0.481 e. The van der Waals surface area contributed by atoms with Crippen LogP contribution in [0, 0.1) is 17.8 Å². The highest BCUT2D eigenvalue weighted by molar-refractivity contribution is 5.86. The number of likely N-dealkylation sites (tertiary alicyclic amines) is 1. The van der Waals surface area contributed by atoms with Gasteiger partial charge in [0.2, 0.25) is 5.91 Å². The first kappa shape index (κ1) is 24.8. The Kier molecular flexibility index (Phi) is 7.43. The van der Waals surface area contributed by atoms with Crippen LogP contribution in [-0.2, 0) is 14.3 Å². The standard InChI is InChI=1S/C28H34N2O5/c1-4-17(2)25(26(31)30-14-13-19(27(32)33)18(3)15-30)29-28(34)35-16-24-22-11-7-5-9-20(22)21-10-6-8-12-23(21)24/h5-12,17-19,24-25H,4,13-16H2,1-3H3,(H,29,34)(H,32,33)/t17-,18?,19?,25-/m0/s1. The molecule has 2 aromatic rings. The molecule has 2 aromatic carbocycles. The van der Waals surface area contributed by atoms with Crippen LogP contribution >= 0.6 is 0 Å². The molecule has 2 N–H and O–H groups in total. The molecule has 0 bridgehead atoms. The topological polar surface area (TPSA) is 95.9 Å². The van der Waals surface area contributed by atoms with Crippen molar-refractivity contribution < 1.29 is 24.2 Å². The van der Waals surface area contributed by atoms with E-state index in [4.69, 9.17) is 4.74 Å². The van der Waals surface area contributed by atoms with Crippen molar-refractivity contribution in [3.8, 4) is 11.1 Å². The maximum absolute atomic E-state index is 13.4. The van der Waals surface area contributed by atoms with Gasteiger partial charge < -0.3 is 20.1 Å². The van der Waals surface area contributed by atoms with E-state index in [0.717, 1.165) is 22.3 Å². The molecule has 2 aliphatic rings. The van der Waals surface area contributed by atoms with Crippen molar-refractivity contribution in [1.82, 2.24) is 10.2 Å². The molecule has 0 saturated carbocycles. The van der Waals surface area contributed by atoms with Crippen LogP contribution in [0.15, 0.2) is 48.5 Å². The molecule has 186 valence electrons. The fourth-order valence-electron chi connectivity index (χ4n) is 5.36. The van der Waals surface area contributed by atoms with Gasteiger partial charge in [0.05, 0.1) is 5.92 Å². The number of aliphatic carboxylic acids is 1. The van der Waals surface area contributed by atoms with Crippen molar-refractivity contribution in [3.63, 3.8) is 0 Å². The van der Waals surface area contributed by atoms with Crippen molar-refractivity contribution in [2.75, 3.05) is 19.7 Å². The van der Waals surface area contributed by atoms with E-state index >= 15 is 0 Å². The third-order valence-corrected chi connectivity index (χ3v) is 7.63. The van der Waals surface area contributed by atoms with Crippen LogP contribution < -0.4 is 5.32 Å². The SMILES string of the molecule is CC[C@H](C)[C@H](NC(=O)OCC1c2ccccc2-c2ccccc21)C(=O)N1CCC(C(=O)O)C(C)C1. The van der Waals surface area contributed by atoms with Gasteiger partial charge in [-0.25, -0.2) is 4.79 Å². The predicted octanol–water partition coefficient (Wildman–Crippen LogP) is 4.51. The van der Waals surface area contributed by atoms with Crippen LogP contribution in [0.1, 0.15) is 50.7 Å². The highest BCUT2D eigenvalue weighted by Gasteiger charge is 2.37. The monoisotopic (exact) mass is 478 g/mol. The molecule has 2 amide bonds. The van der Waals surface area contributed by atoms with Crippen LogP contribution in [0.4, 0.5) is 4.79 Å². The molecule has 1 saturated heterocycles. The first-order valence-corrected chi connectivity index (χ1v) is 12.4. The molecule has 4 rings (SSSR count). The summed E-state index contributed by atoms with van der Waals surface area (Å²) in [5.74, 6) is -1.73. The van der Waals surface area contributed by atoms with Crippen LogP contribution in [0.3, 0.4) is 0 Å². The summed E-state index contributed by atoms with van der Waals surface area (Å²) in [5, 5.41) is 12.2. The molecule has 0 spiro atoms. The van der Waals surface area contributed by atoms with E-state index in [-0.39, 0.29) is 30.3 Å². The molecule has 1 aliphatic carbocycles. The summed E-state index contributed by atoms with van der Waals surface area (Å²) in [7, 11) is 0. The summed E-state index contributed by atoms with van der Waals surface area (Å²) >= 11 is 0. The second-order valence-corrected chi connectivity index (χ2v) is 9.83. The fraction of sp³-hybridized carbons (Fsp3) is 0.464. The minimum atomic E-state index is -0.820. The van der Waals surface area contributed by atoms with E-state index in [1.54, 1.807) is 4.90 Å². The summed E-state index contributed by atoms with van der Waals surface area (Å²) in [6, 6.07) is 15.6. The lowest BCUT2D eigenvalue weighted by atomic mass is 9.86. The average molecular weight is 479 g/mol. The van der Waals surface area contributed by atoms with Crippen molar-refractivity contribution in [2.45, 2.75) is 45.6 Å². The van der Waals surface area contributed by atoms with E-state index in [0.29, 0.717) is 25.9 Å². The highest BCUT2D eigenvalue weighted by atomic mass is 16.5. The highest BCUT2D eigenvalue weighted by Crippen LogP contribution is 2.44. The Hall–Kier alpha value is -3.35. The summed E-state index contributed by atoms with van der Waals surface area (Å²) in [6.07, 6.45) is 0.515. The van der Waals surface area contributed by atoms with E-state index in [1.165, 1.54) is 0 Å². The Balaban J connectivity index is 1.42. The zero-order valence-corrected chi connectivity index (χ0v) is 20.6. The normalized spacial score (nSPS) is 20.9. The number of carboxylic acid groups (broad SMARTS) is 1. The molecule has 0 radical (unpaired) electrons. The van der Waals surface area contributed by atoms with Gasteiger partial charge in [-0.15, -0.1) is 0 Å². The maximum atomic E-state index is 13.4. The first-order valence-electron chi connectivity index (χ1n) is 12.4. The van der Waals surface area contributed by atoms with E-state index < -0.39 is 24.0 Å². The van der Waals surface area contributed by atoms with Gasteiger partial charge in [0, 0.05) is 19.0 Å². The number of amides is 2. The number of ether oxygens (including phenoxy) is 1. The predicted molar refractivity (Wildman–Crippen MR) is 133 cm³/mol. The zero-order chi connectivity index (χ0) is 25.1. The molecular formula is C28H34N2O5. The number of carbonyl (C=O) groups is 3. The van der Waals surface area contributed by atoms with Gasteiger partial charge in [0.25, 0.3) is 0 Å². The zero-order valence-electron chi connectivity index (χ0n) is 20.6. The Morgan fingerprint density at radius 3 is 2.23 bits per heavy atom. The van der Waals surface area contributed by atoms with Gasteiger partial charge in [-0.05, 0) is 40.5 Å². The Bertz CT molecular complexity index is 1050. The fourth-order valence-corrected chi connectivity index (χ4v) is 5.36. The first-order chi connectivity index (χ1) is 16.8. The van der Waals surface area contributed by atoms with Crippen LogP contribution in [0.25, 0.3) is 11.1 Å². The number of carbonyl (C=O) groups excluding carboxylic acids is 2. The maximum Gasteiger partial charge on any atom is 0.407 e. The third kappa shape index (κ3) is 5.04. The Morgan fingerprint density at radius 1 is 1.09 bits per heavy atom. The Morgan fingerprint density at radius 2 is 1.69 bits per heavy atom. The summed E-state index contributed by atoms with van der Waals surface area (Å²) in [6.45, 7) is 6.69. The second kappa shape index (κ2) is 10.5. The molecule has 7 nitrogen and oxygen atoms in total. The van der Waals surface area contributed by atoms with Gasteiger partial charge in [-0.2, -0.15) is 0 Å². The van der Waals surface area contributed by atoms with Crippen LogP contribution in [0.5, 0.6) is 0 Å². The summed E-state index contributed by atoms with van der Waals surface area (Å²) < 4.78 is 5.67. The number of hydrogen-bond acceptors (Lipinski definition) is 4. The molecular weight excluding hydrogens is 444 g/mol. The lowest BCUT2D eigenvalue weighted by molar-refractivity contribution is -0.149. The lowest BCUT2D eigenvalue weighted by Crippen LogP contribution is -2.55. The van der Waals surface area contributed by atoms with E-state index in [2.05, 4.69) is 29.6 Å². The number of alkyl carbamates (subject to hydrolysis) is 1. The smallest absolute Gasteiger partial charge is 0.407 e. The van der Waals surface area contributed by atoms with Gasteiger partial charge in [0.15, 0.2) is 0 Å². The molecule has 7 heteroatoms. The molecule has 0 aromatic heterocycles. The number of nitrogens with zero attached hydrogens (tertiary/aromatic N) is 1. The molecule has 35 heavy (non-hydrogen) atoms. The van der Waals surface area contributed by atoms with E-state index in [9.17, 15) is 19.5 Å². The second-order valence-electron chi connectivity index (χ2n) is 9.83. The van der Waals surface area contributed by atoms with Gasteiger partial charge in [-0.3, -0.25) is 9.59 Å². The number of nitrogens with one attached hydrogen (secondary N) is 1. The molecule has 1 aliphatic heterocycles. The van der Waals surface area contributed by atoms with Gasteiger partial charge in [-0.1, -0.05) is 75.7 Å². The quantitative estimate of drug-likeness (QED) is 0.611. The Labute approximate surface area is 206 Å². The third-order valence-electron chi connectivity index (χ3n) is 7.63. The number of hydrogen-bond donors (Lipinski definition) is 2. The van der Waals surface area contributed by atoms with Crippen molar-refractivity contribution >= 4 is 18.0 Å². The molecule has 2 unspecified atom stereocenters. The van der Waals surface area contributed by atoms with Gasteiger partial charge >= 0.3 is 12.1 Å². The molecule has 1 heterocycles. The molecule has 1 fully saturated rings. The summed E-state index contributed by atoms with van der Waals surface area (Å²) in [4.78, 5) is 39.3. The van der Waals surface area contributed by atoms with Gasteiger partial charge in [0.1, 0.15) is 12.6 Å². The van der Waals surface area contributed by atoms with E-state index in [1.807, 2.05) is 45.0 Å². The molecule has 4 atom stereocenters. The van der Waals surface area contributed by atoms with Crippen molar-refractivity contribution in [3.05, 3.63) is 59.7 Å². The van der Waals surface area contributed by atoms with Crippen LogP contribution in [0.2, 0.25) is 0 Å². The summed E-state index contributed by atoms with van der Waals surface area (Å²) in [5.41, 5.74) is 4.57. The average Bonchev–Trinajstić information content (AvgIpc) is 3.18. The number of benzene rings is 2. The number of piperidine rings is 1. The van der Waals surface area contributed by atoms with Crippen LogP contribution in [-0.4, -0.2) is 53.7 Å². The number of carboxylic acids is 1. The minimum absolute atomic E-state index is 0.0539. The largest absolute Gasteiger partial charge is 0.481 e. The van der Waals surface area contributed by atoms with Crippen molar-refractivity contribution in [1.29, 1.82) is 0 Å². The lowest BCUT2D eigenvalue weighted by Gasteiger charge is -2.37. The van der Waals surface area contributed by atoms with Crippen molar-refractivity contribution in [2.24, 2.45) is 17.8 Å².